The van der Waals surface area contributed by atoms with E-state index in [4.69, 9.17) is 9.47 Å². The van der Waals surface area contributed by atoms with Crippen molar-refractivity contribution in [1.29, 1.82) is 0 Å². The van der Waals surface area contributed by atoms with E-state index in [0.717, 1.165) is 11.3 Å². The minimum atomic E-state index is -0.743. The number of aliphatic hydroxyl groups excluding tert-OH is 1. The summed E-state index contributed by atoms with van der Waals surface area (Å²) in [7, 11) is 0. The lowest BCUT2D eigenvalue weighted by atomic mass is 10.1. The SMILES string of the molecule is CCOc1ccc(C(O)COCc2ccccc2F)cc1. The minimum absolute atomic E-state index is 0.113. The third kappa shape index (κ3) is 4.55. The lowest BCUT2D eigenvalue weighted by molar-refractivity contribution is 0.0267. The van der Waals surface area contributed by atoms with Crippen LogP contribution in [-0.4, -0.2) is 18.3 Å². The molecule has 2 aromatic carbocycles. The maximum absolute atomic E-state index is 13.4. The second-order valence-electron chi connectivity index (χ2n) is 4.62. The standard InChI is InChI=1S/C17H19FO3/c1-2-21-15-9-7-13(8-10-15)17(19)12-20-11-14-5-3-4-6-16(14)18/h3-10,17,19H,2,11-12H2,1H3. The van der Waals surface area contributed by atoms with E-state index in [2.05, 4.69) is 0 Å². The summed E-state index contributed by atoms with van der Waals surface area (Å²) in [6.07, 6.45) is -0.743. The van der Waals surface area contributed by atoms with Crippen molar-refractivity contribution in [3.8, 4) is 5.75 Å². The van der Waals surface area contributed by atoms with Crippen molar-refractivity contribution >= 4 is 0 Å². The van der Waals surface area contributed by atoms with Crippen LogP contribution in [0, 0.1) is 5.82 Å². The molecule has 0 spiro atoms. The third-order valence-electron chi connectivity index (χ3n) is 3.07. The van der Waals surface area contributed by atoms with Gasteiger partial charge in [-0.25, -0.2) is 4.39 Å². The molecule has 1 unspecified atom stereocenters. The van der Waals surface area contributed by atoms with Crippen molar-refractivity contribution in [1.82, 2.24) is 0 Å². The van der Waals surface area contributed by atoms with E-state index in [0.29, 0.717) is 12.2 Å². The van der Waals surface area contributed by atoms with E-state index in [1.54, 1.807) is 42.5 Å². The van der Waals surface area contributed by atoms with Crippen LogP contribution in [0.2, 0.25) is 0 Å². The van der Waals surface area contributed by atoms with Gasteiger partial charge in [0, 0.05) is 5.56 Å². The van der Waals surface area contributed by atoms with Crippen molar-refractivity contribution < 1.29 is 19.0 Å². The maximum atomic E-state index is 13.4. The topological polar surface area (TPSA) is 38.7 Å². The molecule has 0 heterocycles. The third-order valence-corrected chi connectivity index (χ3v) is 3.07. The normalized spacial score (nSPS) is 12.1. The highest BCUT2D eigenvalue weighted by Gasteiger charge is 2.09. The van der Waals surface area contributed by atoms with Gasteiger partial charge in [-0.2, -0.15) is 0 Å². The molecular weight excluding hydrogens is 271 g/mol. The quantitative estimate of drug-likeness (QED) is 0.848. The van der Waals surface area contributed by atoms with Crippen LogP contribution in [0.4, 0.5) is 4.39 Å². The van der Waals surface area contributed by atoms with E-state index in [9.17, 15) is 9.50 Å². The van der Waals surface area contributed by atoms with E-state index < -0.39 is 6.10 Å². The van der Waals surface area contributed by atoms with Crippen molar-refractivity contribution in [3.05, 3.63) is 65.5 Å². The average Bonchev–Trinajstić information content (AvgIpc) is 2.50. The summed E-state index contributed by atoms with van der Waals surface area (Å²) < 4.78 is 24.1. The molecule has 21 heavy (non-hydrogen) atoms. The van der Waals surface area contributed by atoms with Gasteiger partial charge in [0.2, 0.25) is 0 Å². The summed E-state index contributed by atoms with van der Waals surface area (Å²) >= 11 is 0. The Hall–Kier alpha value is -1.91. The summed E-state index contributed by atoms with van der Waals surface area (Å²) in [6.45, 7) is 2.77. The fourth-order valence-electron chi connectivity index (χ4n) is 1.95. The molecule has 2 rings (SSSR count). The molecule has 0 aliphatic carbocycles. The summed E-state index contributed by atoms with van der Waals surface area (Å²) in [4.78, 5) is 0. The van der Waals surface area contributed by atoms with Crippen LogP contribution >= 0.6 is 0 Å². The Labute approximate surface area is 124 Å². The van der Waals surface area contributed by atoms with Gasteiger partial charge in [-0.05, 0) is 30.7 Å². The van der Waals surface area contributed by atoms with Gasteiger partial charge in [-0.1, -0.05) is 30.3 Å². The maximum Gasteiger partial charge on any atom is 0.128 e. The monoisotopic (exact) mass is 290 g/mol. The zero-order valence-electron chi connectivity index (χ0n) is 12.0. The van der Waals surface area contributed by atoms with Crippen LogP contribution in [0.15, 0.2) is 48.5 Å². The Bertz CT molecular complexity index is 554. The van der Waals surface area contributed by atoms with Crippen LogP contribution in [0.5, 0.6) is 5.75 Å². The van der Waals surface area contributed by atoms with Crippen molar-refractivity contribution in [3.63, 3.8) is 0 Å². The van der Waals surface area contributed by atoms with Crippen molar-refractivity contribution in [2.45, 2.75) is 19.6 Å². The number of rotatable bonds is 7. The van der Waals surface area contributed by atoms with Crippen LogP contribution in [-0.2, 0) is 11.3 Å². The predicted octanol–water partition coefficient (Wildman–Crippen LogP) is 3.47. The van der Waals surface area contributed by atoms with E-state index in [-0.39, 0.29) is 19.0 Å². The first-order valence-electron chi connectivity index (χ1n) is 6.92. The molecule has 0 bridgehead atoms. The second-order valence-corrected chi connectivity index (χ2v) is 4.62. The van der Waals surface area contributed by atoms with Gasteiger partial charge in [-0.3, -0.25) is 0 Å². The first-order valence-corrected chi connectivity index (χ1v) is 6.92. The summed E-state index contributed by atoms with van der Waals surface area (Å²) in [5, 5.41) is 10.0. The Morgan fingerprint density at radius 1 is 1.10 bits per heavy atom. The summed E-state index contributed by atoms with van der Waals surface area (Å²) in [5.74, 6) is 0.466. The van der Waals surface area contributed by atoms with E-state index in [1.165, 1.54) is 6.07 Å². The number of halogens is 1. The highest BCUT2D eigenvalue weighted by atomic mass is 19.1. The molecule has 0 aromatic heterocycles. The molecule has 0 radical (unpaired) electrons. The largest absolute Gasteiger partial charge is 0.494 e. The number of hydrogen-bond donors (Lipinski definition) is 1. The number of aliphatic hydroxyl groups is 1. The molecule has 0 amide bonds. The first kappa shape index (κ1) is 15.5. The van der Waals surface area contributed by atoms with Gasteiger partial charge in [0.05, 0.1) is 19.8 Å². The molecule has 4 heteroatoms. The molecule has 112 valence electrons. The fourth-order valence-corrected chi connectivity index (χ4v) is 1.95. The molecular formula is C17H19FO3. The summed E-state index contributed by atoms with van der Waals surface area (Å²) in [6, 6.07) is 13.6. The van der Waals surface area contributed by atoms with Crippen molar-refractivity contribution in [2.75, 3.05) is 13.2 Å². The molecule has 1 N–H and O–H groups in total. The smallest absolute Gasteiger partial charge is 0.128 e. The predicted molar refractivity (Wildman–Crippen MR) is 78.6 cm³/mol. The Balaban J connectivity index is 1.84. The lowest BCUT2D eigenvalue weighted by Crippen LogP contribution is -2.08. The summed E-state index contributed by atoms with van der Waals surface area (Å²) in [5.41, 5.74) is 1.23. The Morgan fingerprint density at radius 3 is 2.48 bits per heavy atom. The molecule has 0 aliphatic heterocycles. The zero-order valence-corrected chi connectivity index (χ0v) is 12.0. The molecule has 0 saturated carbocycles. The van der Waals surface area contributed by atoms with Crippen LogP contribution in [0.25, 0.3) is 0 Å². The number of ether oxygens (including phenoxy) is 2. The minimum Gasteiger partial charge on any atom is -0.494 e. The molecule has 1 atom stereocenters. The first-order chi connectivity index (χ1) is 10.2. The van der Waals surface area contributed by atoms with Gasteiger partial charge < -0.3 is 14.6 Å². The highest BCUT2D eigenvalue weighted by Crippen LogP contribution is 2.18. The van der Waals surface area contributed by atoms with Crippen LogP contribution < -0.4 is 4.74 Å². The Kier molecular flexibility index (Phi) is 5.72. The lowest BCUT2D eigenvalue weighted by Gasteiger charge is -2.13. The van der Waals surface area contributed by atoms with Crippen molar-refractivity contribution in [2.24, 2.45) is 0 Å². The number of benzene rings is 2. The molecule has 0 saturated heterocycles. The highest BCUT2D eigenvalue weighted by molar-refractivity contribution is 5.28. The molecule has 2 aromatic rings. The average molecular weight is 290 g/mol. The number of hydrogen-bond acceptors (Lipinski definition) is 3. The van der Waals surface area contributed by atoms with E-state index >= 15 is 0 Å². The van der Waals surface area contributed by atoms with Gasteiger partial charge in [0.15, 0.2) is 0 Å². The van der Waals surface area contributed by atoms with Crippen LogP contribution in [0.1, 0.15) is 24.2 Å². The van der Waals surface area contributed by atoms with Gasteiger partial charge in [0.1, 0.15) is 17.7 Å². The van der Waals surface area contributed by atoms with Gasteiger partial charge in [0.25, 0.3) is 0 Å². The van der Waals surface area contributed by atoms with Gasteiger partial charge >= 0.3 is 0 Å². The van der Waals surface area contributed by atoms with E-state index in [1.807, 2.05) is 6.92 Å². The van der Waals surface area contributed by atoms with Gasteiger partial charge in [-0.15, -0.1) is 0 Å². The van der Waals surface area contributed by atoms with Crippen LogP contribution in [0.3, 0.4) is 0 Å². The Morgan fingerprint density at radius 2 is 1.81 bits per heavy atom. The molecule has 0 aliphatic rings. The fraction of sp³-hybridized carbons (Fsp3) is 0.294. The zero-order chi connectivity index (χ0) is 15.1. The molecule has 0 fully saturated rings. The molecule has 3 nitrogen and oxygen atoms in total. The second kappa shape index (κ2) is 7.76.